The van der Waals surface area contributed by atoms with Gasteiger partial charge < -0.3 is 24.3 Å². The number of rotatable bonds is 7. The molecule has 7 nitrogen and oxygen atoms in total. The Bertz CT molecular complexity index is 987. The van der Waals surface area contributed by atoms with Crippen LogP contribution in [-0.4, -0.2) is 60.9 Å². The van der Waals surface area contributed by atoms with Gasteiger partial charge in [0.25, 0.3) is 0 Å². The highest BCUT2D eigenvalue weighted by atomic mass is 16.7. The molecule has 5 aliphatic rings. The summed E-state index contributed by atoms with van der Waals surface area (Å²) in [5.74, 6) is 0.600. The average molecular weight is 494 g/mol. The fourth-order valence-corrected chi connectivity index (χ4v) is 7.10. The third-order valence-corrected chi connectivity index (χ3v) is 9.39. The molecule has 0 aromatic heterocycles. The lowest BCUT2D eigenvalue weighted by molar-refractivity contribution is -0.199. The Kier molecular flexibility index (Phi) is 6.94. The molecule has 1 aromatic carbocycles. The summed E-state index contributed by atoms with van der Waals surface area (Å²) in [4.78, 5) is 27.0. The lowest BCUT2D eigenvalue weighted by atomic mass is 9.43. The van der Waals surface area contributed by atoms with Crippen molar-refractivity contribution >= 4 is 19.1 Å². The molecule has 0 spiro atoms. The summed E-state index contributed by atoms with van der Waals surface area (Å²) in [5.41, 5.74) is 0.992. The first-order chi connectivity index (χ1) is 17.2. The van der Waals surface area contributed by atoms with E-state index in [1.54, 1.807) is 4.90 Å². The number of carbonyl (C=O) groups is 2. The van der Waals surface area contributed by atoms with Crippen LogP contribution in [0.1, 0.15) is 58.4 Å². The molecule has 0 unspecified atom stereocenters. The summed E-state index contributed by atoms with van der Waals surface area (Å²) in [6.07, 6.45) is 6.38. The van der Waals surface area contributed by atoms with Gasteiger partial charge in [-0.05, 0) is 74.3 Å². The lowest BCUT2D eigenvalue weighted by Gasteiger charge is -2.64. The zero-order chi connectivity index (χ0) is 25.5. The largest absolute Gasteiger partial charge is 0.482 e. The van der Waals surface area contributed by atoms with E-state index in [1.807, 2.05) is 30.3 Å². The maximum Gasteiger partial charge on any atom is 0.482 e. The monoisotopic (exact) mass is 494 g/mol. The van der Waals surface area contributed by atoms with Gasteiger partial charge in [-0.15, -0.1) is 0 Å². The van der Waals surface area contributed by atoms with Gasteiger partial charge in [-0.2, -0.15) is 0 Å². The van der Waals surface area contributed by atoms with Crippen molar-refractivity contribution in [3.05, 3.63) is 48.6 Å². The summed E-state index contributed by atoms with van der Waals surface area (Å²) in [6.45, 7) is 11.3. The second kappa shape index (κ2) is 9.86. The Morgan fingerprint density at radius 1 is 1.25 bits per heavy atom. The third kappa shape index (κ3) is 4.58. The highest BCUT2D eigenvalue weighted by Crippen LogP contribution is 2.65. The minimum absolute atomic E-state index is 0.0380. The van der Waals surface area contributed by atoms with Crippen LogP contribution in [0.4, 0.5) is 4.79 Å². The number of amides is 2. The van der Waals surface area contributed by atoms with Gasteiger partial charge in [-0.1, -0.05) is 50.8 Å². The fourth-order valence-electron chi connectivity index (χ4n) is 7.10. The molecule has 0 radical (unpaired) electrons. The predicted octanol–water partition coefficient (Wildman–Crippen LogP) is 4.16. The highest BCUT2D eigenvalue weighted by Gasteiger charge is 2.68. The molecule has 2 saturated heterocycles. The summed E-state index contributed by atoms with van der Waals surface area (Å²) < 4.78 is 18.8. The Balaban J connectivity index is 1.26. The number of benzene rings is 1. The molecule has 2 aliphatic heterocycles. The zero-order valence-corrected chi connectivity index (χ0v) is 21.8. The second-order valence-corrected chi connectivity index (χ2v) is 11.8. The third-order valence-electron chi connectivity index (χ3n) is 9.39. The van der Waals surface area contributed by atoms with Gasteiger partial charge in [0.1, 0.15) is 6.61 Å². The van der Waals surface area contributed by atoms with Crippen molar-refractivity contribution < 1.29 is 23.6 Å². The number of ether oxygens (including phenoxy) is 1. The van der Waals surface area contributed by atoms with Crippen molar-refractivity contribution in [3.8, 4) is 0 Å². The second-order valence-electron chi connectivity index (χ2n) is 11.8. The van der Waals surface area contributed by atoms with Crippen molar-refractivity contribution in [2.75, 3.05) is 13.2 Å². The van der Waals surface area contributed by atoms with Gasteiger partial charge in [0.05, 0.1) is 23.7 Å². The van der Waals surface area contributed by atoms with Crippen molar-refractivity contribution in [3.63, 3.8) is 0 Å². The number of carbonyl (C=O) groups excluding carboxylic acids is 2. The van der Waals surface area contributed by atoms with E-state index in [2.05, 4.69) is 32.7 Å². The number of alkyl carbamates (subject to hydrolysis) is 1. The lowest BCUT2D eigenvalue weighted by Crippen LogP contribution is -2.65. The van der Waals surface area contributed by atoms with E-state index in [1.165, 1.54) is 12.5 Å². The van der Waals surface area contributed by atoms with Gasteiger partial charge in [-0.25, -0.2) is 4.79 Å². The van der Waals surface area contributed by atoms with Crippen molar-refractivity contribution in [1.29, 1.82) is 0 Å². The van der Waals surface area contributed by atoms with Crippen LogP contribution >= 0.6 is 0 Å². The fraction of sp³-hybridized carbons (Fsp3) is 0.643. The van der Waals surface area contributed by atoms with E-state index in [0.717, 1.165) is 31.2 Å². The first-order valence-electron chi connectivity index (χ1n) is 13.5. The number of hydrogen-bond donors (Lipinski definition) is 1. The summed E-state index contributed by atoms with van der Waals surface area (Å²) in [7, 11) is -0.545. The van der Waals surface area contributed by atoms with Crippen molar-refractivity contribution in [2.24, 2.45) is 17.3 Å². The van der Waals surface area contributed by atoms with E-state index in [-0.39, 0.29) is 41.6 Å². The predicted molar refractivity (Wildman–Crippen MR) is 138 cm³/mol. The Morgan fingerprint density at radius 3 is 2.75 bits per heavy atom. The van der Waals surface area contributed by atoms with E-state index >= 15 is 0 Å². The molecule has 6 rings (SSSR count). The molecule has 8 heteroatoms. The van der Waals surface area contributed by atoms with Crippen LogP contribution in [0.3, 0.4) is 0 Å². The van der Waals surface area contributed by atoms with Crippen LogP contribution < -0.4 is 5.32 Å². The summed E-state index contributed by atoms with van der Waals surface area (Å²) in [5, 5.41) is 3.05. The first-order valence-corrected chi connectivity index (χ1v) is 13.5. The number of nitrogens with one attached hydrogen (secondary N) is 1. The van der Waals surface area contributed by atoms with Crippen molar-refractivity contribution in [1.82, 2.24) is 10.2 Å². The maximum absolute atomic E-state index is 13.0. The molecule has 1 N–H and O–H groups in total. The molecule has 5 fully saturated rings. The molecule has 3 saturated carbocycles. The normalized spacial score (nSPS) is 33.2. The number of likely N-dealkylation sites (tertiary alicyclic amines) is 1. The van der Waals surface area contributed by atoms with Crippen LogP contribution in [0.5, 0.6) is 0 Å². The smallest absolute Gasteiger partial charge is 0.447 e. The molecule has 6 atom stereocenters. The molecule has 1 aromatic rings. The van der Waals surface area contributed by atoms with Crippen LogP contribution in [0, 0.1) is 17.3 Å². The zero-order valence-electron chi connectivity index (χ0n) is 21.8. The van der Waals surface area contributed by atoms with Crippen LogP contribution in [0.15, 0.2) is 43.0 Å². The average Bonchev–Trinajstić information content (AvgIpc) is 3.24. The molecule has 2 amide bonds. The molecule has 2 heterocycles. The van der Waals surface area contributed by atoms with Crippen LogP contribution in [-0.2, 0) is 25.3 Å². The SMILES string of the molecule is C=CC(=O)N1CCCC[C@@H]1COC(=O)N[C@@H](Cc1ccccc1)B1O[C@@H]2C[C@@H]3C[C@@H](C3(C)C)[C@]2(C)O1. The topological polar surface area (TPSA) is 77.1 Å². The van der Waals surface area contributed by atoms with Gasteiger partial charge >= 0.3 is 13.2 Å². The van der Waals surface area contributed by atoms with E-state index < -0.39 is 13.2 Å². The molecule has 194 valence electrons. The van der Waals surface area contributed by atoms with E-state index in [0.29, 0.717) is 24.8 Å². The summed E-state index contributed by atoms with van der Waals surface area (Å²) >= 11 is 0. The van der Waals surface area contributed by atoms with Crippen LogP contribution in [0.2, 0.25) is 0 Å². The minimum atomic E-state index is -0.545. The number of hydrogen-bond acceptors (Lipinski definition) is 5. The van der Waals surface area contributed by atoms with Gasteiger partial charge in [-0.3, -0.25) is 4.79 Å². The Morgan fingerprint density at radius 2 is 2.03 bits per heavy atom. The number of piperidine rings is 1. The van der Waals surface area contributed by atoms with Crippen LogP contribution in [0.25, 0.3) is 0 Å². The molecular formula is C28H39BN2O5. The maximum atomic E-state index is 13.0. The standard InChI is InChI=1S/C28H39BN2O5/c1-5-25(32)31-14-10-9-13-21(31)18-34-26(33)30-24(15-19-11-7-6-8-12-19)29-35-23-17-20-16-22(27(20,2)3)28(23,4)36-29/h5-8,11-12,20-24H,1,9-10,13-18H2,2-4H3,(H,30,33)/t20-,21+,22-,23+,24-,28-/m0/s1. The van der Waals surface area contributed by atoms with E-state index in [4.69, 9.17) is 14.0 Å². The van der Waals surface area contributed by atoms with Gasteiger partial charge in [0.2, 0.25) is 5.91 Å². The molecular weight excluding hydrogens is 455 g/mol. The molecule has 2 bridgehead atoms. The summed E-state index contributed by atoms with van der Waals surface area (Å²) in [6, 6.07) is 9.93. The molecule has 3 aliphatic carbocycles. The highest BCUT2D eigenvalue weighted by molar-refractivity contribution is 6.47. The first kappa shape index (κ1) is 25.3. The van der Waals surface area contributed by atoms with Crippen molar-refractivity contribution in [2.45, 2.75) is 83.0 Å². The van der Waals surface area contributed by atoms with Gasteiger partial charge in [0.15, 0.2) is 0 Å². The quantitative estimate of drug-likeness (QED) is 0.455. The Hall–Kier alpha value is -2.32. The van der Waals surface area contributed by atoms with E-state index in [9.17, 15) is 9.59 Å². The minimum Gasteiger partial charge on any atom is -0.447 e. The number of nitrogens with zero attached hydrogens (tertiary/aromatic N) is 1. The van der Waals surface area contributed by atoms with Gasteiger partial charge in [0, 0.05) is 6.54 Å². The molecule has 36 heavy (non-hydrogen) atoms. The Labute approximate surface area is 215 Å².